The largest absolute Gasteiger partial charge is 0.316 e. The molecule has 3 aromatic rings. The first-order valence-electron chi connectivity index (χ1n) is 11.8. The summed E-state index contributed by atoms with van der Waals surface area (Å²) in [4.78, 5) is 6.21. The molecule has 0 aliphatic heterocycles. The zero-order chi connectivity index (χ0) is 23.8. The van der Waals surface area contributed by atoms with E-state index in [0.29, 0.717) is 18.0 Å². The molecule has 0 aliphatic rings. The molecule has 0 spiro atoms. The van der Waals surface area contributed by atoms with Gasteiger partial charge in [-0.15, -0.1) is 11.3 Å². The van der Waals surface area contributed by atoms with Crippen molar-refractivity contribution in [3.05, 3.63) is 64.3 Å². The first-order chi connectivity index (χ1) is 15.9. The van der Waals surface area contributed by atoms with Crippen molar-refractivity contribution in [2.75, 3.05) is 13.1 Å². The summed E-state index contributed by atoms with van der Waals surface area (Å²) in [6.45, 7) is 9.84. The van der Waals surface area contributed by atoms with Crippen LogP contribution < -0.4 is 4.80 Å². The number of sulfonamides is 1. The molecule has 1 aromatic heterocycles. The molecule has 33 heavy (non-hydrogen) atoms. The first-order valence-corrected chi connectivity index (χ1v) is 14.1. The minimum Gasteiger partial charge on any atom is -0.316 e. The predicted octanol–water partition coefficient (Wildman–Crippen LogP) is 6.37. The normalized spacial score (nSPS) is 12.6. The summed E-state index contributed by atoms with van der Waals surface area (Å²) >= 11 is 1.63. The van der Waals surface area contributed by atoms with E-state index in [1.54, 1.807) is 23.5 Å². The van der Waals surface area contributed by atoms with Crippen LogP contribution in [0.15, 0.2) is 63.8 Å². The molecule has 0 fully saturated rings. The summed E-state index contributed by atoms with van der Waals surface area (Å²) in [5.74, 6) is 0. The van der Waals surface area contributed by atoms with Crippen LogP contribution in [0.2, 0.25) is 0 Å². The number of benzene rings is 2. The Kier molecular flexibility index (Phi) is 9.06. The Hall–Kier alpha value is -2.22. The van der Waals surface area contributed by atoms with E-state index in [9.17, 15) is 8.42 Å². The highest BCUT2D eigenvalue weighted by atomic mass is 32.2. The monoisotopic (exact) mass is 485 g/mol. The summed E-state index contributed by atoms with van der Waals surface area (Å²) in [5.41, 5.74) is 4.24. The lowest BCUT2D eigenvalue weighted by molar-refractivity contribution is 0.445. The predicted molar refractivity (Wildman–Crippen MR) is 138 cm³/mol. The Morgan fingerprint density at radius 3 is 2.18 bits per heavy atom. The van der Waals surface area contributed by atoms with Crippen LogP contribution in [0, 0.1) is 6.92 Å². The molecule has 0 radical (unpaired) electrons. The van der Waals surface area contributed by atoms with E-state index in [0.717, 1.165) is 34.7 Å². The molecule has 0 saturated heterocycles. The average Bonchev–Trinajstić information content (AvgIpc) is 3.21. The number of hydrogen-bond donors (Lipinski definition) is 0. The minimum absolute atomic E-state index is 0.337. The topological polar surface area (TPSA) is 54.7 Å². The summed E-state index contributed by atoms with van der Waals surface area (Å²) < 4.78 is 29.5. The molecule has 7 heteroatoms. The Balaban J connectivity index is 1.98. The van der Waals surface area contributed by atoms with Crippen molar-refractivity contribution in [2.45, 2.75) is 64.8 Å². The highest BCUT2D eigenvalue weighted by Gasteiger charge is 2.21. The van der Waals surface area contributed by atoms with Gasteiger partial charge in [-0.2, -0.15) is 4.31 Å². The molecule has 1 heterocycles. The van der Waals surface area contributed by atoms with E-state index in [1.165, 1.54) is 29.1 Å². The maximum atomic E-state index is 12.9. The van der Waals surface area contributed by atoms with Gasteiger partial charge in [-0.05, 0) is 43.2 Å². The van der Waals surface area contributed by atoms with E-state index in [-0.39, 0.29) is 0 Å². The van der Waals surface area contributed by atoms with Crippen molar-refractivity contribution in [3.8, 4) is 11.3 Å². The van der Waals surface area contributed by atoms with E-state index in [4.69, 9.17) is 4.99 Å². The van der Waals surface area contributed by atoms with Crippen LogP contribution in [0.25, 0.3) is 11.3 Å². The van der Waals surface area contributed by atoms with Crippen LogP contribution in [0.1, 0.15) is 52.0 Å². The number of thiazole rings is 1. The van der Waals surface area contributed by atoms with Gasteiger partial charge in [0.25, 0.3) is 0 Å². The van der Waals surface area contributed by atoms with Crippen LogP contribution in [-0.2, 0) is 16.6 Å². The van der Waals surface area contributed by atoms with Crippen molar-refractivity contribution in [2.24, 2.45) is 4.99 Å². The fraction of sp³-hybridized carbons (Fsp3) is 0.423. The van der Waals surface area contributed by atoms with Crippen LogP contribution >= 0.6 is 11.3 Å². The zero-order valence-electron chi connectivity index (χ0n) is 20.1. The van der Waals surface area contributed by atoms with Gasteiger partial charge in [-0.1, -0.05) is 69.9 Å². The van der Waals surface area contributed by atoms with Crippen molar-refractivity contribution in [1.29, 1.82) is 0 Å². The molecule has 0 amide bonds. The summed E-state index contributed by atoms with van der Waals surface area (Å²) in [6, 6.07) is 15.5. The van der Waals surface area contributed by atoms with E-state index >= 15 is 0 Å². The molecule has 3 rings (SSSR count). The molecule has 0 saturated carbocycles. The Labute approximate surface area is 202 Å². The van der Waals surface area contributed by atoms with Crippen molar-refractivity contribution in [3.63, 3.8) is 0 Å². The summed E-state index contributed by atoms with van der Waals surface area (Å²) in [6.07, 6.45) is 4.70. The SMILES string of the molecule is CCCCCCn1c(-c2ccc(S(=O)(=O)N(CC)CC)cc2)csc1=Nc1ccc(C)cc1. The molecular formula is C26H35N3O2S2. The lowest BCUT2D eigenvalue weighted by Gasteiger charge is -2.18. The van der Waals surface area contributed by atoms with E-state index < -0.39 is 10.0 Å². The number of hydrogen-bond acceptors (Lipinski definition) is 4. The molecule has 0 bridgehead atoms. The summed E-state index contributed by atoms with van der Waals surface area (Å²) in [7, 11) is -3.46. The highest BCUT2D eigenvalue weighted by Crippen LogP contribution is 2.25. The molecule has 2 aromatic carbocycles. The maximum absolute atomic E-state index is 12.9. The fourth-order valence-corrected chi connectivity index (χ4v) is 6.22. The second-order valence-corrected chi connectivity index (χ2v) is 11.0. The lowest BCUT2D eigenvalue weighted by Crippen LogP contribution is -2.30. The Morgan fingerprint density at radius 2 is 1.58 bits per heavy atom. The number of nitrogens with zero attached hydrogens (tertiary/aromatic N) is 3. The maximum Gasteiger partial charge on any atom is 0.243 e. The quantitative estimate of drug-likeness (QED) is 0.296. The average molecular weight is 486 g/mol. The highest BCUT2D eigenvalue weighted by molar-refractivity contribution is 7.89. The van der Waals surface area contributed by atoms with Gasteiger partial charge in [0.05, 0.1) is 16.3 Å². The van der Waals surface area contributed by atoms with Gasteiger partial charge >= 0.3 is 0 Å². The van der Waals surface area contributed by atoms with Crippen LogP contribution in [0.3, 0.4) is 0 Å². The van der Waals surface area contributed by atoms with Crippen molar-refractivity contribution in [1.82, 2.24) is 8.87 Å². The second kappa shape index (κ2) is 11.8. The van der Waals surface area contributed by atoms with Gasteiger partial charge < -0.3 is 4.57 Å². The zero-order valence-corrected chi connectivity index (χ0v) is 21.8. The molecular weight excluding hydrogens is 450 g/mol. The molecule has 0 aliphatic carbocycles. The lowest BCUT2D eigenvalue weighted by atomic mass is 10.1. The van der Waals surface area contributed by atoms with E-state index in [2.05, 4.69) is 35.9 Å². The third-order valence-corrected chi connectivity index (χ3v) is 8.71. The molecule has 5 nitrogen and oxygen atoms in total. The minimum atomic E-state index is -3.46. The van der Waals surface area contributed by atoms with Gasteiger partial charge in [-0.3, -0.25) is 0 Å². The fourth-order valence-electron chi connectivity index (χ4n) is 3.80. The van der Waals surface area contributed by atoms with E-state index in [1.807, 2.05) is 38.1 Å². The molecule has 178 valence electrons. The van der Waals surface area contributed by atoms with Crippen molar-refractivity contribution < 1.29 is 8.42 Å². The van der Waals surface area contributed by atoms with Crippen LogP contribution in [-0.4, -0.2) is 30.4 Å². The molecule has 0 unspecified atom stereocenters. The summed E-state index contributed by atoms with van der Waals surface area (Å²) in [5, 5.41) is 2.13. The number of rotatable bonds is 11. The third-order valence-electron chi connectivity index (χ3n) is 5.78. The Morgan fingerprint density at radius 1 is 0.909 bits per heavy atom. The van der Waals surface area contributed by atoms with Gasteiger partial charge in [0.2, 0.25) is 10.0 Å². The van der Waals surface area contributed by atoms with Gasteiger partial charge in [0.1, 0.15) is 0 Å². The van der Waals surface area contributed by atoms with Crippen molar-refractivity contribution >= 4 is 27.0 Å². The number of aryl methyl sites for hydroxylation is 1. The smallest absolute Gasteiger partial charge is 0.243 e. The second-order valence-electron chi connectivity index (χ2n) is 8.18. The van der Waals surface area contributed by atoms with Gasteiger partial charge in [-0.25, -0.2) is 13.4 Å². The number of aromatic nitrogens is 1. The Bertz CT molecular complexity index is 1190. The third kappa shape index (κ3) is 6.22. The van der Waals surface area contributed by atoms with Crippen LogP contribution in [0.4, 0.5) is 5.69 Å². The van der Waals surface area contributed by atoms with Gasteiger partial charge in [0.15, 0.2) is 4.80 Å². The standard InChI is InChI=1S/C26H35N3O2S2/c1-5-8-9-10-19-29-25(20-32-26(29)27-23-15-11-21(4)12-16-23)22-13-17-24(18-14-22)33(30,31)28(6-2)7-3/h11-18,20H,5-10,19H2,1-4H3. The first kappa shape index (κ1) is 25.4. The number of unbranched alkanes of at least 4 members (excludes halogenated alkanes) is 3. The van der Waals surface area contributed by atoms with Gasteiger partial charge in [0, 0.05) is 25.0 Å². The van der Waals surface area contributed by atoms with Crippen LogP contribution in [0.5, 0.6) is 0 Å². The molecule has 0 N–H and O–H groups in total. The molecule has 0 atom stereocenters.